The number of hydrogen-bond donors (Lipinski definition) is 1. The lowest BCUT2D eigenvalue weighted by Crippen LogP contribution is -2.56. The van der Waals surface area contributed by atoms with Crippen LogP contribution in [0.25, 0.3) is 0 Å². The number of carbonyl (C=O) groups is 3. The summed E-state index contributed by atoms with van der Waals surface area (Å²) in [6, 6.07) is 11.7. The van der Waals surface area contributed by atoms with Gasteiger partial charge in [-0.15, -0.1) is 0 Å². The Labute approximate surface area is 235 Å². The van der Waals surface area contributed by atoms with E-state index >= 15 is 0 Å². The molecule has 10 nitrogen and oxygen atoms in total. The SMILES string of the molecule is CCOC(=O)C1=C(CN2CCN(C(=O)c3ccc(C)cc3)C(C)C2)N(C)C(=O)NC1c1cccc(OC)c1OC. The number of methoxy groups -OCH3 is 2. The molecule has 214 valence electrons. The summed E-state index contributed by atoms with van der Waals surface area (Å²) in [6.45, 7) is 7.97. The summed E-state index contributed by atoms with van der Waals surface area (Å²) in [5, 5.41) is 2.94. The van der Waals surface area contributed by atoms with Crippen molar-refractivity contribution in [1.82, 2.24) is 20.0 Å². The van der Waals surface area contributed by atoms with Gasteiger partial charge in [-0.2, -0.15) is 0 Å². The van der Waals surface area contributed by atoms with Crippen LogP contribution in [0.15, 0.2) is 53.7 Å². The van der Waals surface area contributed by atoms with Gasteiger partial charge in [-0.1, -0.05) is 29.8 Å². The Morgan fingerprint density at radius 1 is 1.05 bits per heavy atom. The minimum Gasteiger partial charge on any atom is -0.493 e. The third-order valence-corrected chi connectivity index (χ3v) is 7.46. The molecule has 40 heavy (non-hydrogen) atoms. The molecular formula is C30H38N4O6. The number of urea groups is 1. The molecule has 1 fully saturated rings. The van der Waals surface area contributed by atoms with E-state index in [0.29, 0.717) is 60.1 Å². The Balaban J connectivity index is 1.65. The molecule has 2 aliphatic heterocycles. The van der Waals surface area contributed by atoms with E-state index in [9.17, 15) is 14.4 Å². The van der Waals surface area contributed by atoms with Crippen LogP contribution >= 0.6 is 0 Å². The molecule has 2 aromatic rings. The maximum Gasteiger partial charge on any atom is 0.338 e. The number of ether oxygens (including phenoxy) is 3. The molecule has 0 aliphatic carbocycles. The van der Waals surface area contributed by atoms with Gasteiger partial charge in [0.25, 0.3) is 5.91 Å². The van der Waals surface area contributed by atoms with Crippen molar-refractivity contribution in [3.63, 3.8) is 0 Å². The van der Waals surface area contributed by atoms with E-state index in [1.807, 2.05) is 43.0 Å². The number of piperazine rings is 1. The molecule has 0 spiro atoms. The number of amides is 3. The third-order valence-electron chi connectivity index (χ3n) is 7.46. The van der Waals surface area contributed by atoms with E-state index < -0.39 is 12.0 Å². The molecular weight excluding hydrogens is 512 g/mol. The van der Waals surface area contributed by atoms with Crippen molar-refractivity contribution in [2.45, 2.75) is 32.9 Å². The Morgan fingerprint density at radius 2 is 1.77 bits per heavy atom. The summed E-state index contributed by atoms with van der Waals surface area (Å²) in [7, 11) is 4.70. The second-order valence-electron chi connectivity index (χ2n) is 10.1. The zero-order valence-corrected chi connectivity index (χ0v) is 24.0. The predicted octanol–water partition coefficient (Wildman–Crippen LogP) is 3.37. The molecule has 0 saturated carbocycles. The Morgan fingerprint density at radius 3 is 2.40 bits per heavy atom. The lowest BCUT2D eigenvalue weighted by Gasteiger charge is -2.42. The van der Waals surface area contributed by atoms with Crippen LogP contribution < -0.4 is 14.8 Å². The molecule has 2 aliphatic rings. The maximum absolute atomic E-state index is 13.4. The fourth-order valence-corrected chi connectivity index (χ4v) is 5.32. The van der Waals surface area contributed by atoms with Gasteiger partial charge in [0.05, 0.1) is 32.4 Å². The molecule has 0 bridgehead atoms. The summed E-state index contributed by atoms with van der Waals surface area (Å²) in [6.07, 6.45) is 0. The number of likely N-dealkylation sites (N-methyl/N-ethyl adjacent to an activating group) is 1. The van der Waals surface area contributed by atoms with E-state index in [2.05, 4.69) is 10.2 Å². The van der Waals surface area contributed by atoms with Gasteiger partial charge in [0, 0.05) is 56.1 Å². The van der Waals surface area contributed by atoms with Crippen molar-refractivity contribution in [2.24, 2.45) is 0 Å². The first-order valence-corrected chi connectivity index (χ1v) is 13.4. The average Bonchev–Trinajstić information content (AvgIpc) is 2.95. The van der Waals surface area contributed by atoms with E-state index in [-0.39, 0.29) is 24.6 Å². The van der Waals surface area contributed by atoms with Crippen LogP contribution in [0.4, 0.5) is 4.79 Å². The number of carbonyl (C=O) groups excluding carboxylic acids is 3. The lowest BCUT2D eigenvalue weighted by atomic mass is 9.93. The Bertz CT molecular complexity index is 1290. The van der Waals surface area contributed by atoms with Crippen LogP contribution in [0, 0.1) is 6.92 Å². The van der Waals surface area contributed by atoms with Crippen LogP contribution in [0.1, 0.15) is 41.4 Å². The van der Waals surface area contributed by atoms with Gasteiger partial charge in [0.1, 0.15) is 0 Å². The normalized spacial score (nSPS) is 19.8. The summed E-state index contributed by atoms with van der Waals surface area (Å²) >= 11 is 0. The van der Waals surface area contributed by atoms with E-state index in [1.165, 1.54) is 19.1 Å². The standard InChI is InChI=1S/C30H38N4O6/c1-7-40-29(36)25-23(32(4)30(37)31-26(25)22-9-8-10-24(38-5)27(22)39-6)18-33-15-16-34(20(3)17-33)28(35)21-13-11-19(2)12-14-21/h8-14,20,26H,7,15-18H2,1-6H3,(H,31,37). The van der Waals surface area contributed by atoms with Gasteiger partial charge in [-0.3, -0.25) is 14.6 Å². The molecule has 1 N–H and O–H groups in total. The minimum atomic E-state index is -0.801. The fraction of sp³-hybridized carbons (Fsp3) is 0.433. The van der Waals surface area contributed by atoms with Crippen molar-refractivity contribution in [3.05, 3.63) is 70.4 Å². The molecule has 0 radical (unpaired) electrons. The lowest BCUT2D eigenvalue weighted by molar-refractivity contribution is -0.139. The van der Waals surface area contributed by atoms with Crippen molar-refractivity contribution in [3.8, 4) is 11.5 Å². The van der Waals surface area contributed by atoms with Crippen molar-refractivity contribution < 1.29 is 28.6 Å². The number of para-hydroxylation sites is 1. The van der Waals surface area contributed by atoms with Crippen molar-refractivity contribution in [1.29, 1.82) is 0 Å². The molecule has 3 amide bonds. The van der Waals surface area contributed by atoms with Crippen molar-refractivity contribution >= 4 is 17.9 Å². The molecule has 0 aromatic heterocycles. The minimum absolute atomic E-state index is 0.00192. The maximum atomic E-state index is 13.4. The highest BCUT2D eigenvalue weighted by molar-refractivity contribution is 5.96. The first-order valence-electron chi connectivity index (χ1n) is 13.4. The van der Waals surface area contributed by atoms with Crippen LogP contribution in [0.3, 0.4) is 0 Å². The first-order chi connectivity index (χ1) is 19.2. The highest BCUT2D eigenvalue weighted by atomic mass is 16.5. The predicted molar refractivity (Wildman–Crippen MR) is 150 cm³/mol. The molecule has 1 saturated heterocycles. The van der Waals surface area contributed by atoms with Crippen LogP contribution in [0.5, 0.6) is 11.5 Å². The van der Waals surface area contributed by atoms with Crippen LogP contribution in [-0.4, -0.2) is 92.7 Å². The number of benzene rings is 2. The average molecular weight is 551 g/mol. The third kappa shape index (κ3) is 5.77. The monoisotopic (exact) mass is 550 g/mol. The van der Waals surface area contributed by atoms with Gasteiger partial charge in [-0.05, 0) is 39.0 Å². The highest BCUT2D eigenvalue weighted by Crippen LogP contribution is 2.40. The smallest absolute Gasteiger partial charge is 0.338 e. The Hall–Kier alpha value is -4.05. The zero-order valence-electron chi connectivity index (χ0n) is 24.0. The quantitative estimate of drug-likeness (QED) is 0.503. The number of nitrogens with zero attached hydrogens (tertiary/aromatic N) is 3. The van der Waals surface area contributed by atoms with Gasteiger partial charge in [0.15, 0.2) is 11.5 Å². The van der Waals surface area contributed by atoms with Gasteiger partial charge in [-0.25, -0.2) is 9.59 Å². The van der Waals surface area contributed by atoms with Crippen LogP contribution in [0.2, 0.25) is 0 Å². The Kier molecular flexibility index (Phi) is 8.99. The number of nitrogens with one attached hydrogen (secondary N) is 1. The summed E-state index contributed by atoms with van der Waals surface area (Å²) in [5.74, 6) is 0.400. The second-order valence-corrected chi connectivity index (χ2v) is 10.1. The second kappa shape index (κ2) is 12.4. The van der Waals surface area contributed by atoms with Gasteiger partial charge < -0.3 is 24.4 Å². The largest absolute Gasteiger partial charge is 0.493 e. The molecule has 2 heterocycles. The fourth-order valence-electron chi connectivity index (χ4n) is 5.32. The molecule has 10 heteroatoms. The number of aryl methyl sites for hydroxylation is 1. The first kappa shape index (κ1) is 28.9. The summed E-state index contributed by atoms with van der Waals surface area (Å²) in [4.78, 5) is 45.3. The highest BCUT2D eigenvalue weighted by Gasteiger charge is 2.40. The molecule has 2 aromatic carbocycles. The van der Waals surface area contributed by atoms with Gasteiger partial charge in [0.2, 0.25) is 0 Å². The number of rotatable bonds is 8. The molecule has 4 rings (SSSR count). The van der Waals surface area contributed by atoms with E-state index in [1.54, 1.807) is 32.2 Å². The van der Waals surface area contributed by atoms with Gasteiger partial charge >= 0.3 is 12.0 Å². The van der Waals surface area contributed by atoms with Crippen molar-refractivity contribution in [2.75, 3.05) is 54.1 Å². The molecule has 2 atom stereocenters. The molecule has 2 unspecified atom stereocenters. The number of hydrogen-bond acceptors (Lipinski definition) is 7. The zero-order chi connectivity index (χ0) is 29.0. The van der Waals surface area contributed by atoms with E-state index in [4.69, 9.17) is 14.2 Å². The topological polar surface area (TPSA) is 101 Å². The summed E-state index contributed by atoms with van der Waals surface area (Å²) < 4.78 is 16.6. The number of esters is 1. The van der Waals surface area contributed by atoms with Crippen LogP contribution in [-0.2, 0) is 9.53 Å². The summed E-state index contributed by atoms with van der Waals surface area (Å²) in [5.41, 5.74) is 3.23. The van der Waals surface area contributed by atoms with E-state index in [0.717, 1.165) is 5.56 Å².